The van der Waals surface area contributed by atoms with Gasteiger partial charge < -0.3 is 10.2 Å². The van der Waals surface area contributed by atoms with Crippen LogP contribution < -0.4 is 10.2 Å². The molecule has 1 aliphatic rings. The van der Waals surface area contributed by atoms with Gasteiger partial charge in [0, 0.05) is 19.6 Å². The molecule has 0 radical (unpaired) electrons. The minimum Gasteiger partial charge on any atom is -0.355 e. The fourth-order valence-corrected chi connectivity index (χ4v) is 2.63. The van der Waals surface area contributed by atoms with Crippen molar-refractivity contribution in [3.05, 3.63) is 17.8 Å². The molecule has 0 saturated carbocycles. The number of hydrogen-bond donors (Lipinski definition) is 1. The molecule has 1 fully saturated rings. The van der Waals surface area contributed by atoms with E-state index in [-0.39, 0.29) is 0 Å². The van der Waals surface area contributed by atoms with Gasteiger partial charge in [0.15, 0.2) is 5.82 Å². The molecule has 1 aromatic heterocycles. The van der Waals surface area contributed by atoms with Crippen molar-refractivity contribution in [2.75, 3.05) is 24.5 Å². The minimum atomic E-state index is 0.390. The van der Waals surface area contributed by atoms with Crippen molar-refractivity contribution < 1.29 is 0 Å². The van der Waals surface area contributed by atoms with Crippen LogP contribution >= 0.6 is 0 Å². The van der Waals surface area contributed by atoms with Gasteiger partial charge in [-0.05, 0) is 43.4 Å². The van der Waals surface area contributed by atoms with E-state index in [1.54, 1.807) is 0 Å². The van der Waals surface area contributed by atoms with Crippen LogP contribution in [-0.2, 0) is 6.54 Å². The van der Waals surface area contributed by atoms with E-state index < -0.39 is 0 Å². The van der Waals surface area contributed by atoms with Gasteiger partial charge in [0.25, 0.3) is 0 Å². The summed E-state index contributed by atoms with van der Waals surface area (Å²) in [5.41, 5.74) is 1.41. The number of aromatic nitrogens is 2. The van der Waals surface area contributed by atoms with Gasteiger partial charge >= 0.3 is 0 Å². The first-order chi connectivity index (χ1) is 9.11. The van der Waals surface area contributed by atoms with Crippen LogP contribution in [0.25, 0.3) is 0 Å². The van der Waals surface area contributed by atoms with Crippen LogP contribution in [0.5, 0.6) is 0 Å². The molecule has 0 spiro atoms. The molecule has 1 saturated heterocycles. The monoisotopic (exact) mass is 262 g/mol. The van der Waals surface area contributed by atoms with E-state index in [1.165, 1.54) is 12.8 Å². The summed E-state index contributed by atoms with van der Waals surface area (Å²) in [6, 6.07) is 4.20. The Morgan fingerprint density at radius 1 is 1.32 bits per heavy atom. The first-order valence-electron chi connectivity index (χ1n) is 7.39. The fraction of sp³-hybridized carbons (Fsp3) is 0.733. The van der Waals surface area contributed by atoms with Crippen LogP contribution in [0.4, 0.5) is 5.82 Å². The Labute approximate surface area is 116 Å². The van der Waals surface area contributed by atoms with Crippen LogP contribution in [-0.4, -0.2) is 29.8 Å². The molecule has 1 aromatic rings. The molecule has 0 aliphatic carbocycles. The third-order valence-electron chi connectivity index (χ3n) is 3.66. The van der Waals surface area contributed by atoms with Crippen molar-refractivity contribution in [2.45, 2.75) is 46.6 Å². The van der Waals surface area contributed by atoms with Crippen LogP contribution in [0.1, 0.15) is 45.7 Å². The Kier molecular flexibility index (Phi) is 4.75. The highest BCUT2D eigenvalue weighted by Gasteiger charge is 2.27. The summed E-state index contributed by atoms with van der Waals surface area (Å²) in [4.78, 5) is 2.36. The maximum atomic E-state index is 4.38. The zero-order valence-corrected chi connectivity index (χ0v) is 12.4. The quantitative estimate of drug-likeness (QED) is 0.828. The van der Waals surface area contributed by atoms with Gasteiger partial charge in [-0.15, -0.1) is 5.10 Å². The smallest absolute Gasteiger partial charge is 0.151 e. The molecular weight excluding hydrogens is 236 g/mol. The van der Waals surface area contributed by atoms with E-state index in [9.17, 15) is 0 Å². The van der Waals surface area contributed by atoms with E-state index in [2.05, 4.69) is 53.3 Å². The van der Waals surface area contributed by atoms with E-state index in [0.717, 1.165) is 44.1 Å². The highest BCUT2D eigenvalue weighted by Crippen LogP contribution is 2.30. The fourth-order valence-electron chi connectivity index (χ4n) is 2.63. The van der Waals surface area contributed by atoms with Crippen molar-refractivity contribution >= 4 is 5.82 Å². The van der Waals surface area contributed by atoms with Crippen LogP contribution in [0.2, 0.25) is 0 Å². The third kappa shape index (κ3) is 4.16. The molecule has 0 atom stereocenters. The highest BCUT2D eigenvalue weighted by molar-refractivity contribution is 5.38. The average molecular weight is 262 g/mol. The molecule has 4 heteroatoms. The second-order valence-electron chi connectivity index (χ2n) is 6.25. The van der Waals surface area contributed by atoms with Gasteiger partial charge in [-0.1, -0.05) is 20.8 Å². The lowest BCUT2D eigenvalue weighted by Gasteiger charge is -2.38. The SMILES string of the molecule is CCCNCc1ccc(N2CCCC(C)(C)C2)nn1. The van der Waals surface area contributed by atoms with Crippen molar-refractivity contribution in [3.8, 4) is 0 Å². The van der Waals surface area contributed by atoms with Gasteiger partial charge in [0.05, 0.1) is 5.69 Å². The third-order valence-corrected chi connectivity index (χ3v) is 3.66. The first-order valence-corrected chi connectivity index (χ1v) is 7.39. The lowest BCUT2D eigenvalue weighted by atomic mass is 9.84. The zero-order chi connectivity index (χ0) is 13.7. The lowest BCUT2D eigenvalue weighted by Crippen LogP contribution is -2.40. The summed E-state index contributed by atoms with van der Waals surface area (Å²) >= 11 is 0. The number of rotatable bonds is 5. The van der Waals surface area contributed by atoms with Gasteiger partial charge in [0.1, 0.15) is 0 Å². The van der Waals surface area contributed by atoms with Gasteiger partial charge in [-0.2, -0.15) is 5.10 Å². The second-order valence-corrected chi connectivity index (χ2v) is 6.25. The van der Waals surface area contributed by atoms with Gasteiger partial charge in [-0.25, -0.2) is 0 Å². The summed E-state index contributed by atoms with van der Waals surface area (Å²) in [6.45, 7) is 10.8. The number of piperidine rings is 1. The van der Waals surface area contributed by atoms with E-state index in [0.29, 0.717) is 5.41 Å². The molecule has 0 aromatic carbocycles. The van der Waals surface area contributed by atoms with Crippen LogP contribution in [0.3, 0.4) is 0 Å². The largest absolute Gasteiger partial charge is 0.355 e. The zero-order valence-electron chi connectivity index (χ0n) is 12.4. The van der Waals surface area contributed by atoms with Crippen molar-refractivity contribution in [1.29, 1.82) is 0 Å². The molecule has 1 N–H and O–H groups in total. The molecule has 19 heavy (non-hydrogen) atoms. The predicted molar refractivity (Wildman–Crippen MR) is 79.3 cm³/mol. The van der Waals surface area contributed by atoms with Crippen LogP contribution in [0, 0.1) is 5.41 Å². The molecular formula is C15H26N4. The second kappa shape index (κ2) is 6.33. The Morgan fingerprint density at radius 2 is 2.16 bits per heavy atom. The standard InChI is InChI=1S/C15H26N4/c1-4-9-16-11-13-6-7-14(18-17-13)19-10-5-8-15(2,3)12-19/h6-7,16H,4-5,8-12H2,1-3H3. The Hall–Kier alpha value is -1.16. The number of nitrogens with zero attached hydrogens (tertiary/aromatic N) is 3. The summed E-state index contributed by atoms with van der Waals surface area (Å²) in [7, 11) is 0. The Bertz CT molecular complexity index is 386. The topological polar surface area (TPSA) is 41.0 Å². The Balaban J connectivity index is 1.94. The molecule has 0 bridgehead atoms. The number of nitrogens with one attached hydrogen (secondary N) is 1. The van der Waals surface area contributed by atoms with E-state index in [4.69, 9.17) is 0 Å². The molecule has 1 aliphatic heterocycles. The average Bonchev–Trinajstić information content (AvgIpc) is 2.39. The van der Waals surface area contributed by atoms with Crippen LogP contribution in [0.15, 0.2) is 12.1 Å². The summed E-state index contributed by atoms with van der Waals surface area (Å²) in [5.74, 6) is 1.02. The maximum absolute atomic E-state index is 4.38. The molecule has 106 valence electrons. The molecule has 0 unspecified atom stereocenters. The molecule has 0 amide bonds. The lowest BCUT2D eigenvalue weighted by molar-refractivity contribution is 0.291. The normalized spacial score (nSPS) is 18.6. The van der Waals surface area contributed by atoms with E-state index in [1.807, 2.05) is 0 Å². The molecule has 4 nitrogen and oxygen atoms in total. The number of anilines is 1. The molecule has 2 rings (SSSR count). The predicted octanol–water partition coefficient (Wildman–Crippen LogP) is 2.60. The minimum absolute atomic E-state index is 0.390. The van der Waals surface area contributed by atoms with Crippen molar-refractivity contribution in [3.63, 3.8) is 0 Å². The van der Waals surface area contributed by atoms with Gasteiger partial charge in [0.2, 0.25) is 0 Å². The maximum Gasteiger partial charge on any atom is 0.151 e. The first kappa shape index (κ1) is 14.3. The summed E-state index contributed by atoms with van der Waals surface area (Å²) < 4.78 is 0. The molecule has 2 heterocycles. The van der Waals surface area contributed by atoms with Crippen molar-refractivity contribution in [2.24, 2.45) is 5.41 Å². The summed E-state index contributed by atoms with van der Waals surface area (Å²) in [6.07, 6.45) is 3.69. The highest BCUT2D eigenvalue weighted by atomic mass is 15.3. The summed E-state index contributed by atoms with van der Waals surface area (Å²) in [5, 5.41) is 12.0. The van der Waals surface area contributed by atoms with Gasteiger partial charge in [-0.3, -0.25) is 0 Å². The van der Waals surface area contributed by atoms with Crippen molar-refractivity contribution in [1.82, 2.24) is 15.5 Å². The number of hydrogen-bond acceptors (Lipinski definition) is 4. The van der Waals surface area contributed by atoms with E-state index >= 15 is 0 Å². The Morgan fingerprint density at radius 3 is 2.79 bits per heavy atom.